The van der Waals surface area contributed by atoms with E-state index in [1.807, 2.05) is 28.0 Å². The number of carbonyl (C=O) groups is 2. The number of rotatable bonds is 7. The maximum absolute atomic E-state index is 12.2. The second-order valence-electron chi connectivity index (χ2n) is 5.26. The maximum Gasteiger partial charge on any atom is 0.304 e. The Morgan fingerprint density at radius 2 is 2.05 bits per heavy atom. The van der Waals surface area contributed by atoms with Crippen LogP contribution in [0.2, 0.25) is 0 Å². The molecule has 1 aromatic rings. The number of carbonyl (C=O) groups excluding carboxylic acids is 1. The first kappa shape index (κ1) is 15.4. The fourth-order valence-electron chi connectivity index (χ4n) is 2.45. The van der Waals surface area contributed by atoms with Crippen LogP contribution in [0, 0.1) is 0 Å². The molecule has 0 spiro atoms. The van der Waals surface area contributed by atoms with E-state index in [1.165, 1.54) is 0 Å². The van der Waals surface area contributed by atoms with E-state index >= 15 is 0 Å². The second kappa shape index (κ2) is 7.73. The normalized spacial score (nSPS) is 14.6. The molecular formula is C15H21N3O3. The SMILES string of the molecule is O=C(O)CCN(CC(=O)N1CCCC1)Cc1ccccn1. The van der Waals surface area contributed by atoms with E-state index < -0.39 is 5.97 Å². The number of hydrogen-bond acceptors (Lipinski definition) is 4. The van der Waals surface area contributed by atoms with Crippen molar-refractivity contribution in [3.8, 4) is 0 Å². The summed E-state index contributed by atoms with van der Waals surface area (Å²) in [6, 6.07) is 5.61. The Morgan fingerprint density at radius 3 is 2.67 bits per heavy atom. The van der Waals surface area contributed by atoms with Crippen LogP contribution >= 0.6 is 0 Å². The van der Waals surface area contributed by atoms with E-state index in [9.17, 15) is 9.59 Å². The first-order valence-electron chi connectivity index (χ1n) is 7.27. The molecule has 0 aromatic carbocycles. The van der Waals surface area contributed by atoms with Gasteiger partial charge < -0.3 is 10.0 Å². The Hall–Kier alpha value is -1.95. The smallest absolute Gasteiger partial charge is 0.304 e. The van der Waals surface area contributed by atoms with Crippen molar-refractivity contribution < 1.29 is 14.7 Å². The Bertz CT molecular complexity index is 472. The van der Waals surface area contributed by atoms with Crippen LogP contribution in [0.1, 0.15) is 25.0 Å². The van der Waals surface area contributed by atoms with E-state index in [4.69, 9.17) is 5.11 Å². The van der Waals surface area contributed by atoms with Gasteiger partial charge in [0.05, 0.1) is 18.7 Å². The highest BCUT2D eigenvalue weighted by atomic mass is 16.4. The lowest BCUT2D eigenvalue weighted by atomic mass is 10.3. The number of carboxylic acid groups (broad SMARTS) is 1. The van der Waals surface area contributed by atoms with E-state index in [0.717, 1.165) is 31.6 Å². The second-order valence-corrected chi connectivity index (χ2v) is 5.26. The zero-order chi connectivity index (χ0) is 15.1. The van der Waals surface area contributed by atoms with Crippen LogP contribution in [0.25, 0.3) is 0 Å². The predicted molar refractivity (Wildman–Crippen MR) is 77.6 cm³/mol. The van der Waals surface area contributed by atoms with Crippen molar-refractivity contribution in [1.29, 1.82) is 0 Å². The van der Waals surface area contributed by atoms with Gasteiger partial charge in [-0.25, -0.2) is 0 Å². The summed E-state index contributed by atoms with van der Waals surface area (Å²) in [7, 11) is 0. The molecule has 1 aromatic heterocycles. The fraction of sp³-hybridized carbons (Fsp3) is 0.533. The van der Waals surface area contributed by atoms with E-state index in [0.29, 0.717) is 13.1 Å². The highest BCUT2D eigenvalue weighted by Gasteiger charge is 2.21. The summed E-state index contributed by atoms with van der Waals surface area (Å²) >= 11 is 0. The van der Waals surface area contributed by atoms with E-state index in [2.05, 4.69) is 4.98 Å². The van der Waals surface area contributed by atoms with E-state index in [1.54, 1.807) is 6.20 Å². The largest absolute Gasteiger partial charge is 0.481 e. The van der Waals surface area contributed by atoms with E-state index in [-0.39, 0.29) is 18.9 Å². The third kappa shape index (κ3) is 5.15. The highest BCUT2D eigenvalue weighted by Crippen LogP contribution is 2.09. The Kier molecular flexibility index (Phi) is 5.68. The first-order chi connectivity index (χ1) is 10.1. The molecule has 0 radical (unpaired) electrons. The maximum atomic E-state index is 12.2. The van der Waals surface area contributed by atoms with Gasteiger partial charge in [-0.2, -0.15) is 0 Å². The molecule has 0 saturated carbocycles. The van der Waals surface area contributed by atoms with Gasteiger partial charge in [0.15, 0.2) is 0 Å². The number of carboxylic acids is 1. The van der Waals surface area contributed by atoms with Crippen LogP contribution in [-0.4, -0.2) is 57.9 Å². The molecule has 1 aliphatic heterocycles. The molecule has 1 aliphatic rings. The topological polar surface area (TPSA) is 73.7 Å². The number of aromatic nitrogens is 1. The van der Waals surface area contributed by atoms with Crippen molar-refractivity contribution in [3.63, 3.8) is 0 Å². The molecule has 1 amide bonds. The van der Waals surface area contributed by atoms with Crippen LogP contribution in [0.5, 0.6) is 0 Å². The van der Waals surface area contributed by atoms with Gasteiger partial charge in [0, 0.05) is 32.4 Å². The van der Waals surface area contributed by atoms with Gasteiger partial charge in [0.2, 0.25) is 5.91 Å². The molecule has 114 valence electrons. The summed E-state index contributed by atoms with van der Waals surface area (Å²) in [5, 5.41) is 8.84. The molecule has 0 atom stereocenters. The zero-order valence-electron chi connectivity index (χ0n) is 12.1. The standard InChI is InChI=1S/C15H21N3O3/c19-14(18-8-3-4-9-18)12-17(10-6-15(20)21)11-13-5-1-2-7-16-13/h1-2,5,7H,3-4,6,8-12H2,(H,20,21). The van der Waals surface area contributed by atoms with Crippen molar-refractivity contribution >= 4 is 11.9 Å². The molecular weight excluding hydrogens is 270 g/mol. The Morgan fingerprint density at radius 1 is 1.29 bits per heavy atom. The molecule has 1 saturated heterocycles. The first-order valence-corrected chi connectivity index (χ1v) is 7.27. The molecule has 1 fully saturated rings. The van der Waals surface area contributed by atoms with Gasteiger partial charge in [-0.3, -0.25) is 19.5 Å². The molecule has 2 heterocycles. The lowest BCUT2D eigenvalue weighted by Gasteiger charge is -2.24. The fourth-order valence-corrected chi connectivity index (χ4v) is 2.45. The van der Waals surface area contributed by atoms with Gasteiger partial charge in [-0.1, -0.05) is 6.07 Å². The van der Waals surface area contributed by atoms with Crippen molar-refractivity contribution in [1.82, 2.24) is 14.8 Å². The zero-order valence-corrected chi connectivity index (χ0v) is 12.1. The number of aliphatic carboxylic acids is 1. The predicted octanol–water partition coefficient (Wildman–Crippen LogP) is 0.981. The summed E-state index contributed by atoms with van der Waals surface area (Å²) in [5.41, 5.74) is 0.845. The summed E-state index contributed by atoms with van der Waals surface area (Å²) in [6.45, 7) is 2.73. The molecule has 0 bridgehead atoms. The highest BCUT2D eigenvalue weighted by molar-refractivity contribution is 5.78. The third-order valence-corrected chi connectivity index (χ3v) is 3.57. The average molecular weight is 291 g/mol. The number of hydrogen-bond donors (Lipinski definition) is 1. The molecule has 0 aliphatic carbocycles. The molecule has 6 heteroatoms. The average Bonchev–Trinajstić information content (AvgIpc) is 3.00. The van der Waals surface area contributed by atoms with Crippen molar-refractivity contribution in [3.05, 3.63) is 30.1 Å². The lowest BCUT2D eigenvalue weighted by Crippen LogP contribution is -2.39. The van der Waals surface area contributed by atoms with Gasteiger partial charge in [0.1, 0.15) is 0 Å². The summed E-state index contributed by atoms with van der Waals surface area (Å²) in [4.78, 5) is 30.9. The summed E-state index contributed by atoms with van der Waals surface area (Å²) in [6.07, 6.45) is 3.84. The van der Waals surface area contributed by atoms with Crippen LogP contribution in [0.15, 0.2) is 24.4 Å². The third-order valence-electron chi connectivity index (χ3n) is 3.57. The van der Waals surface area contributed by atoms with Crippen molar-refractivity contribution in [2.75, 3.05) is 26.2 Å². The molecule has 21 heavy (non-hydrogen) atoms. The quantitative estimate of drug-likeness (QED) is 0.810. The van der Waals surface area contributed by atoms with Gasteiger partial charge in [-0.15, -0.1) is 0 Å². The number of pyridine rings is 1. The van der Waals surface area contributed by atoms with Crippen molar-refractivity contribution in [2.24, 2.45) is 0 Å². The molecule has 0 unspecified atom stereocenters. The molecule has 6 nitrogen and oxygen atoms in total. The number of likely N-dealkylation sites (tertiary alicyclic amines) is 1. The lowest BCUT2D eigenvalue weighted by molar-refractivity contribution is -0.138. The molecule has 2 rings (SSSR count). The summed E-state index contributed by atoms with van der Waals surface area (Å²) in [5.74, 6) is -0.775. The van der Waals surface area contributed by atoms with Crippen molar-refractivity contribution in [2.45, 2.75) is 25.8 Å². The van der Waals surface area contributed by atoms with Gasteiger partial charge in [0.25, 0.3) is 0 Å². The minimum Gasteiger partial charge on any atom is -0.481 e. The van der Waals surface area contributed by atoms with Gasteiger partial charge >= 0.3 is 5.97 Å². The minimum absolute atomic E-state index is 0.0279. The Balaban J connectivity index is 1.94. The van der Waals surface area contributed by atoms with Crippen LogP contribution in [0.3, 0.4) is 0 Å². The van der Waals surface area contributed by atoms with Crippen LogP contribution in [0.4, 0.5) is 0 Å². The molecule has 1 N–H and O–H groups in total. The minimum atomic E-state index is -0.852. The summed E-state index contributed by atoms with van der Waals surface area (Å²) < 4.78 is 0. The number of amides is 1. The number of nitrogens with zero attached hydrogens (tertiary/aromatic N) is 3. The van der Waals surface area contributed by atoms with Crippen LogP contribution < -0.4 is 0 Å². The van der Waals surface area contributed by atoms with Gasteiger partial charge in [-0.05, 0) is 25.0 Å². The Labute approximate surface area is 124 Å². The monoisotopic (exact) mass is 291 g/mol. The van der Waals surface area contributed by atoms with Crippen LogP contribution in [-0.2, 0) is 16.1 Å².